The molecule has 1 fully saturated rings. The van der Waals surface area contributed by atoms with Gasteiger partial charge in [-0.25, -0.2) is 0 Å². The maximum atomic E-state index is 12.5. The van der Waals surface area contributed by atoms with Crippen molar-refractivity contribution in [2.75, 3.05) is 39.5 Å². The van der Waals surface area contributed by atoms with E-state index in [1.807, 2.05) is 6.07 Å². The Kier molecular flexibility index (Phi) is 7.31. The summed E-state index contributed by atoms with van der Waals surface area (Å²) in [4.78, 5) is 2.29. The highest BCUT2D eigenvalue weighted by Crippen LogP contribution is 2.40. The third-order valence-electron chi connectivity index (χ3n) is 7.17. The van der Waals surface area contributed by atoms with Crippen molar-refractivity contribution in [2.24, 2.45) is 0 Å². The second kappa shape index (κ2) is 10.7. The Morgan fingerprint density at radius 3 is 2.76 bits per heavy atom. The van der Waals surface area contributed by atoms with Gasteiger partial charge >= 0.3 is 0 Å². The van der Waals surface area contributed by atoms with Gasteiger partial charge in [-0.1, -0.05) is 24.3 Å². The number of halogens is 1. The summed E-state index contributed by atoms with van der Waals surface area (Å²) in [6.45, 7) is 3.83. The number of ether oxygens (including phenoxy) is 2. The molecule has 0 spiro atoms. The van der Waals surface area contributed by atoms with E-state index in [1.165, 1.54) is 33.4 Å². The molecule has 2 aliphatic heterocycles. The van der Waals surface area contributed by atoms with Gasteiger partial charge in [-0.2, -0.15) is 0 Å². The Labute approximate surface area is 201 Å². The molecule has 180 valence electrons. The molecule has 2 heterocycles. The van der Waals surface area contributed by atoms with Gasteiger partial charge in [-0.15, -0.1) is 0 Å². The lowest BCUT2D eigenvalue weighted by atomic mass is 9.86. The number of benzene rings is 2. The van der Waals surface area contributed by atoms with Crippen LogP contribution in [0.3, 0.4) is 0 Å². The lowest BCUT2D eigenvalue weighted by molar-refractivity contribution is 0.155. The Bertz CT molecular complexity index is 1060. The molecule has 1 N–H and O–H groups in total. The molecule has 0 unspecified atom stereocenters. The number of allylic oxidation sites excluding steroid dienone is 1. The zero-order chi connectivity index (χ0) is 23.3. The minimum atomic E-state index is -0.256. The number of nitrogens with zero attached hydrogens (tertiary/aromatic N) is 1. The molecule has 1 saturated heterocycles. The highest BCUT2D eigenvalue weighted by atomic mass is 19.1. The number of aromatic hydroxyl groups is 1. The van der Waals surface area contributed by atoms with Crippen LogP contribution in [0.4, 0.5) is 4.39 Å². The van der Waals surface area contributed by atoms with Crippen LogP contribution in [0.1, 0.15) is 48.8 Å². The number of rotatable bonds is 7. The summed E-state index contributed by atoms with van der Waals surface area (Å²) >= 11 is 0. The van der Waals surface area contributed by atoms with Crippen LogP contribution in [-0.4, -0.2) is 55.6 Å². The van der Waals surface area contributed by atoms with Crippen molar-refractivity contribution in [3.05, 3.63) is 76.4 Å². The largest absolute Gasteiger partial charge is 0.508 e. The van der Waals surface area contributed by atoms with Gasteiger partial charge in [-0.05, 0) is 96.2 Å². The predicted octanol–water partition coefficient (Wildman–Crippen LogP) is 5.69. The van der Waals surface area contributed by atoms with Gasteiger partial charge in [0.2, 0.25) is 0 Å². The molecule has 5 rings (SSSR count). The average Bonchev–Trinajstić information content (AvgIpc) is 3.22. The second-order valence-electron chi connectivity index (χ2n) is 9.50. The maximum Gasteiger partial charge on any atom is 0.119 e. The van der Waals surface area contributed by atoms with E-state index in [9.17, 15) is 9.50 Å². The smallest absolute Gasteiger partial charge is 0.119 e. The van der Waals surface area contributed by atoms with Crippen molar-refractivity contribution in [3.63, 3.8) is 0 Å². The van der Waals surface area contributed by atoms with E-state index in [0.717, 1.165) is 64.1 Å². The van der Waals surface area contributed by atoms with Crippen LogP contribution in [-0.2, 0) is 11.2 Å². The standard InChI is InChI=1S/C29H34FNO3/c30-14-2-15-31-16-11-26(20-31)34-25-8-5-22(6-9-25)29-27(21-12-17-33-18-13-21)4-1-3-23-19-24(32)7-10-28(23)29/h5-10,12,19,26,32H,1-4,11,13-18,20H2/t26-/m0/s1. The lowest BCUT2D eigenvalue weighted by Crippen LogP contribution is -2.26. The van der Waals surface area contributed by atoms with E-state index in [-0.39, 0.29) is 12.8 Å². The molecule has 5 heteroatoms. The first-order chi connectivity index (χ1) is 16.7. The molecule has 34 heavy (non-hydrogen) atoms. The van der Waals surface area contributed by atoms with Crippen LogP contribution in [0.2, 0.25) is 0 Å². The topological polar surface area (TPSA) is 41.9 Å². The first-order valence-corrected chi connectivity index (χ1v) is 12.6. The maximum absolute atomic E-state index is 12.5. The van der Waals surface area contributed by atoms with Crippen LogP contribution >= 0.6 is 0 Å². The molecule has 0 saturated carbocycles. The summed E-state index contributed by atoms with van der Waals surface area (Å²) in [6.07, 6.45) is 7.96. The van der Waals surface area contributed by atoms with Gasteiger partial charge < -0.3 is 14.6 Å². The number of phenols is 1. The average molecular weight is 464 g/mol. The van der Waals surface area contributed by atoms with Gasteiger partial charge in [0.05, 0.1) is 19.9 Å². The number of phenolic OH excluding ortho intramolecular Hbond substituents is 1. The Hall–Kier alpha value is -2.63. The van der Waals surface area contributed by atoms with Crippen LogP contribution in [0.15, 0.2) is 59.7 Å². The Balaban J connectivity index is 1.43. The predicted molar refractivity (Wildman–Crippen MR) is 133 cm³/mol. The van der Waals surface area contributed by atoms with E-state index < -0.39 is 0 Å². The fourth-order valence-corrected chi connectivity index (χ4v) is 5.50. The Morgan fingerprint density at radius 2 is 1.97 bits per heavy atom. The van der Waals surface area contributed by atoms with E-state index >= 15 is 0 Å². The van der Waals surface area contributed by atoms with E-state index in [0.29, 0.717) is 18.8 Å². The van der Waals surface area contributed by atoms with Crippen molar-refractivity contribution in [1.29, 1.82) is 0 Å². The molecular formula is C29H34FNO3. The summed E-state index contributed by atoms with van der Waals surface area (Å²) in [5.41, 5.74) is 7.66. The van der Waals surface area contributed by atoms with Crippen LogP contribution in [0.25, 0.3) is 5.57 Å². The molecule has 0 amide bonds. The number of hydrogen-bond donors (Lipinski definition) is 1. The first-order valence-electron chi connectivity index (χ1n) is 12.6. The highest BCUT2D eigenvalue weighted by Gasteiger charge is 2.25. The molecule has 1 aliphatic carbocycles. The van der Waals surface area contributed by atoms with Crippen LogP contribution in [0.5, 0.6) is 11.5 Å². The third-order valence-corrected chi connectivity index (χ3v) is 7.17. The number of aryl methyl sites for hydroxylation is 1. The van der Waals surface area contributed by atoms with Gasteiger partial charge in [0.15, 0.2) is 0 Å². The van der Waals surface area contributed by atoms with Gasteiger partial charge in [0, 0.05) is 19.6 Å². The minimum absolute atomic E-state index is 0.161. The summed E-state index contributed by atoms with van der Waals surface area (Å²) in [5, 5.41) is 10.1. The number of fused-ring (bicyclic) bond motifs is 1. The van der Waals surface area contributed by atoms with Gasteiger partial charge in [-0.3, -0.25) is 9.29 Å². The summed E-state index contributed by atoms with van der Waals surface area (Å²) in [6, 6.07) is 14.3. The molecule has 0 aromatic heterocycles. The number of alkyl halides is 1. The van der Waals surface area contributed by atoms with Crippen molar-refractivity contribution < 1.29 is 19.0 Å². The monoisotopic (exact) mass is 463 g/mol. The zero-order valence-electron chi connectivity index (χ0n) is 19.8. The fourth-order valence-electron chi connectivity index (χ4n) is 5.50. The van der Waals surface area contributed by atoms with Crippen LogP contribution < -0.4 is 4.74 Å². The highest BCUT2D eigenvalue weighted by molar-refractivity contribution is 5.87. The SMILES string of the molecule is Oc1ccc2c(c1)CCCC(C1=CCOCC1)=C2c1ccc(O[C@H]2CCN(CCCF)C2)cc1. The van der Waals surface area contributed by atoms with Crippen molar-refractivity contribution in [2.45, 2.75) is 44.6 Å². The Morgan fingerprint density at radius 1 is 1.09 bits per heavy atom. The molecule has 0 bridgehead atoms. The zero-order valence-corrected chi connectivity index (χ0v) is 19.8. The number of likely N-dealkylation sites (tertiary alicyclic amines) is 1. The molecular weight excluding hydrogens is 429 g/mol. The fraction of sp³-hybridized carbons (Fsp3) is 0.448. The molecule has 3 aliphatic rings. The van der Waals surface area contributed by atoms with Gasteiger partial charge in [0.1, 0.15) is 17.6 Å². The third kappa shape index (κ3) is 5.21. The summed E-state index contributed by atoms with van der Waals surface area (Å²) in [7, 11) is 0. The molecule has 4 nitrogen and oxygen atoms in total. The van der Waals surface area contributed by atoms with Crippen molar-refractivity contribution in [1.82, 2.24) is 4.90 Å². The molecule has 0 radical (unpaired) electrons. The molecule has 1 atom stereocenters. The summed E-state index contributed by atoms with van der Waals surface area (Å²) < 4.78 is 24.3. The lowest BCUT2D eigenvalue weighted by Gasteiger charge is -2.21. The quantitative estimate of drug-likeness (QED) is 0.573. The second-order valence-corrected chi connectivity index (χ2v) is 9.50. The minimum Gasteiger partial charge on any atom is -0.508 e. The van der Waals surface area contributed by atoms with E-state index in [2.05, 4.69) is 41.3 Å². The van der Waals surface area contributed by atoms with E-state index in [4.69, 9.17) is 9.47 Å². The molecule has 2 aromatic carbocycles. The normalized spacial score (nSPS) is 21.2. The van der Waals surface area contributed by atoms with Crippen LogP contribution in [0, 0.1) is 0 Å². The van der Waals surface area contributed by atoms with Crippen molar-refractivity contribution in [3.8, 4) is 11.5 Å². The summed E-state index contributed by atoms with van der Waals surface area (Å²) in [5.74, 6) is 1.21. The van der Waals surface area contributed by atoms with E-state index in [1.54, 1.807) is 6.07 Å². The number of hydrogen-bond acceptors (Lipinski definition) is 4. The first kappa shape index (κ1) is 23.1. The van der Waals surface area contributed by atoms with Gasteiger partial charge in [0.25, 0.3) is 0 Å². The molecule has 2 aromatic rings. The van der Waals surface area contributed by atoms with Crippen molar-refractivity contribution >= 4 is 5.57 Å².